The van der Waals surface area contributed by atoms with Gasteiger partial charge in [-0.25, -0.2) is 0 Å². The van der Waals surface area contributed by atoms with Crippen LogP contribution in [0.2, 0.25) is 0 Å². The molecule has 7 heteroatoms. The second-order valence-corrected chi connectivity index (χ2v) is 4.75. The molecule has 0 fully saturated rings. The van der Waals surface area contributed by atoms with E-state index in [-0.39, 0.29) is 23.9 Å². The van der Waals surface area contributed by atoms with Crippen LogP contribution in [0.15, 0.2) is 23.1 Å². The Kier molecular flexibility index (Phi) is 5.78. The molecule has 1 rings (SSSR count). The van der Waals surface area contributed by atoms with E-state index in [2.05, 4.69) is 5.32 Å². The van der Waals surface area contributed by atoms with E-state index in [0.717, 1.165) is 0 Å². The van der Waals surface area contributed by atoms with Gasteiger partial charge in [0.1, 0.15) is 0 Å². The molecule has 0 aliphatic heterocycles. The van der Waals surface area contributed by atoms with E-state index in [4.69, 9.17) is 5.11 Å². The number of thioether (sulfide) groups is 1. The first-order valence-corrected chi connectivity index (χ1v) is 7.00. The van der Waals surface area contributed by atoms with E-state index in [9.17, 15) is 14.9 Å². The van der Waals surface area contributed by atoms with Crippen LogP contribution < -0.4 is 5.32 Å². The van der Waals surface area contributed by atoms with Crippen molar-refractivity contribution in [1.82, 2.24) is 5.32 Å². The quantitative estimate of drug-likeness (QED) is 0.472. The van der Waals surface area contributed by atoms with Gasteiger partial charge in [-0.2, -0.15) is 0 Å². The van der Waals surface area contributed by atoms with E-state index in [0.29, 0.717) is 11.3 Å². The van der Waals surface area contributed by atoms with Crippen molar-refractivity contribution in [3.8, 4) is 0 Å². The Morgan fingerprint density at radius 1 is 1.58 bits per heavy atom. The smallest absolute Gasteiger partial charge is 0.283 e. The van der Waals surface area contributed by atoms with Crippen LogP contribution in [0.1, 0.15) is 23.7 Å². The van der Waals surface area contributed by atoms with Crippen LogP contribution in [0.4, 0.5) is 5.69 Å². The van der Waals surface area contributed by atoms with Gasteiger partial charge in [-0.15, -0.1) is 11.8 Å². The largest absolute Gasteiger partial charge is 0.394 e. The zero-order chi connectivity index (χ0) is 14.4. The number of nitro groups is 1. The molecule has 2 N–H and O–H groups in total. The molecule has 104 valence electrons. The fourth-order valence-electron chi connectivity index (χ4n) is 1.52. The Labute approximate surface area is 115 Å². The van der Waals surface area contributed by atoms with Crippen LogP contribution in [0.25, 0.3) is 0 Å². The Bertz CT molecular complexity index is 475. The summed E-state index contributed by atoms with van der Waals surface area (Å²) in [6, 6.07) is 4.01. The Morgan fingerprint density at radius 3 is 2.74 bits per heavy atom. The van der Waals surface area contributed by atoms with Gasteiger partial charge in [0.25, 0.3) is 11.6 Å². The lowest BCUT2D eigenvalue weighted by Gasteiger charge is -2.14. The molecule has 0 spiro atoms. The topological polar surface area (TPSA) is 92.5 Å². The van der Waals surface area contributed by atoms with E-state index in [1.165, 1.54) is 23.9 Å². The van der Waals surface area contributed by atoms with Crippen LogP contribution in [0, 0.1) is 10.1 Å². The van der Waals surface area contributed by atoms with Crippen molar-refractivity contribution < 1.29 is 14.8 Å². The van der Waals surface area contributed by atoms with Crippen molar-refractivity contribution >= 4 is 23.4 Å². The minimum atomic E-state index is -0.508. The molecule has 1 atom stereocenters. The molecule has 1 aromatic carbocycles. The van der Waals surface area contributed by atoms with E-state index in [1.807, 2.05) is 6.92 Å². The van der Waals surface area contributed by atoms with Gasteiger partial charge in [0.05, 0.1) is 22.5 Å². The number of carbonyl (C=O) groups is 1. The van der Waals surface area contributed by atoms with Gasteiger partial charge in [-0.3, -0.25) is 14.9 Å². The highest BCUT2D eigenvalue weighted by atomic mass is 32.2. The van der Waals surface area contributed by atoms with E-state index in [1.54, 1.807) is 12.3 Å². The Morgan fingerprint density at radius 2 is 2.26 bits per heavy atom. The minimum absolute atomic E-state index is 0.0859. The maximum absolute atomic E-state index is 11.9. The molecule has 0 bridgehead atoms. The third-order valence-corrected chi connectivity index (χ3v) is 3.47. The highest BCUT2D eigenvalue weighted by Crippen LogP contribution is 2.28. The summed E-state index contributed by atoms with van der Waals surface area (Å²) in [4.78, 5) is 22.8. The van der Waals surface area contributed by atoms with Gasteiger partial charge in [-0.05, 0) is 24.8 Å². The molecule has 0 saturated carbocycles. The zero-order valence-corrected chi connectivity index (χ0v) is 11.6. The predicted octanol–water partition coefficient (Wildman–Crippen LogP) is 1.82. The van der Waals surface area contributed by atoms with Crippen LogP contribution in [-0.4, -0.2) is 34.8 Å². The number of aliphatic hydroxyl groups excluding tert-OH is 1. The Balaban J connectivity index is 2.98. The number of nitro benzene ring substituents is 1. The number of benzene rings is 1. The second kappa shape index (κ2) is 7.10. The first-order chi connectivity index (χ1) is 9.03. The molecule has 0 heterocycles. The summed E-state index contributed by atoms with van der Waals surface area (Å²) in [7, 11) is 0. The average molecular weight is 284 g/mol. The molecule has 1 unspecified atom stereocenters. The number of hydrogen-bond donors (Lipinski definition) is 2. The molecule has 19 heavy (non-hydrogen) atoms. The molecule has 0 saturated heterocycles. The van der Waals surface area contributed by atoms with Gasteiger partial charge >= 0.3 is 0 Å². The SMILES string of the molecule is CCC(CO)NC(=O)c1ccc(SC)c([N+](=O)[O-])c1. The van der Waals surface area contributed by atoms with Gasteiger partial charge in [0.2, 0.25) is 0 Å². The van der Waals surface area contributed by atoms with Crippen LogP contribution in [-0.2, 0) is 0 Å². The number of hydrogen-bond acceptors (Lipinski definition) is 5. The normalized spacial score (nSPS) is 11.9. The van der Waals surface area contributed by atoms with Crippen molar-refractivity contribution in [2.75, 3.05) is 12.9 Å². The van der Waals surface area contributed by atoms with E-state index < -0.39 is 10.8 Å². The number of nitrogens with one attached hydrogen (secondary N) is 1. The molecule has 6 nitrogen and oxygen atoms in total. The molecule has 1 amide bonds. The second-order valence-electron chi connectivity index (χ2n) is 3.90. The molecule has 1 aromatic rings. The number of nitrogens with zero attached hydrogens (tertiary/aromatic N) is 1. The Hall–Kier alpha value is -1.60. The first-order valence-electron chi connectivity index (χ1n) is 5.77. The summed E-state index contributed by atoms with van der Waals surface area (Å²) in [6.45, 7) is 1.67. The minimum Gasteiger partial charge on any atom is -0.394 e. The van der Waals surface area contributed by atoms with Crippen LogP contribution in [0.3, 0.4) is 0 Å². The summed E-state index contributed by atoms with van der Waals surface area (Å²) in [6.07, 6.45) is 2.33. The lowest BCUT2D eigenvalue weighted by Crippen LogP contribution is -2.36. The number of aliphatic hydroxyl groups is 1. The van der Waals surface area contributed by atoms with Crippen molar-refractivity contribution in [3.05, 3.63) is 33.9 Å². The maximum atomic E-state index is 11.9. The van der Waals surface area contributed by atoms with Crippen molar-refractivity contribution in [3.63, 3.8) is 0 Å². The molecule has 0 aromatic heterocycles. The van der Waals surface area contributed by atoms with Gasteiger partial charge < -0.3 is 10.4 Å². The summed E-state index contributed by atoms with van der Waals surface area (Å²) in [5.41, 5.74) is 0.133. The lowest BCUT2D eigenvalue weighted by atomic mass is 10.1. The third-order valence-electron chi connectivity index (χ3n) is 2.69. The number of rotatable bonds is 6. The molecular formula is C12H16N2O4S. The fraction of sp³-hybridized carbons (Fsp3) is 0.417. The van der Waals surface area contributed by atoms with Crippen molar-refractivity contribution in [2.45, 2.75) is 24.3 Å². The zero-order valence-electron chi connectivity index (χ0n) is 10.8. The predicted molar refractivity (Wildman–Crippen MR) is 73.5 cm³/mol. The van der Waals surface area contributed by atoms with Gasteiger partial charge in [0, 0.05) is 11.6 Å². The standard InChI is InChI=1S/C12H16N2O4S/c1-3-9(7-15)13-12(16)8-4-5-11(19-2)10(6-8)14(17)18/h4-6,9,15H,3,7H2,1-2H3,(H,13,16). The molecule has 0 aliphatic carbocycles. The van der Waals surface area contributed by atoms with Crippen LogP contribution in [0.5, 0.6) is 0 Å². The monoisotopic (exact) mass is 284 g/mol. The van der Waals surface area contributed by atoms with E-state index >= 15 is 0 Å². The average Bonchev–Trinajstić information content (AvgIpc) is 2.43. The van der Waals surface area contributed by atoms with Crippen molar-refractivity contribution in [2.24, 2.45) is 0 Å². The maximum Gasteiger partial charge on any atom is 0.283 e. The summed E-state index contributed by atoms with van der Waals surface area (Å²) in [5, 5.41) is 22.5. The molecule has 0 radical (unpaired) electrons. The third kappa shape index (κ3) is 3.93. The highest BCUT2D eigenvalue weighted by Gasteiger charge is 2.18. The number of amides is 1. The molecule has 0 aliphatic rings. The summed E-state index contributed by atoms with van der Waals surface area (Å²) in [5.74, 6) is -0.420. The van der Waals surface area contributed by atoms with Crippen molar-refractivity contribution in [1.29, 1.82) is 0 Å². The fourth-order valence-corrected chi connectivity index (χ4v) is 2.07. The summed E-state index contributed by atoms with van der Waals surface area (Å²) < 4.78 is 0. The number of carbonyl (C=O) groups excluding carboxylic acids is 1. The highest BCUT2D eigenvalue weighted by molar-refractivity contribution is 7.98. The summed E-state index contributed by atoms with van der Waals surface area (Å²) >= 11 is 1.25. The first kappa shape index (κ1) is 15.5. The van der Waals surface area contributed by atoms with Crippen LogP contribution >= 0.6 is 11.8 Å². The van der Waals surface area contributed by atoms with Gasteiger partial charge in [0.15, 0.2) is 0 Å². The lowest BCUT2D eigenvalue weighted by molar-refractivity contribution is -0.387. The molecular weight excluding hydrogens is 268 g/mol. The van der Waals surface area contributed by atoms with Gasteiger partial charge in [-0.1, -0.05) is 6.92 Å².